The van der Waals surface area contributed by atoms with Crippen molar-refractivity contribution in [2.75, 3.05) is 4.90 Å². The van der Waals surface area contributed by atoms with Gasteiger partial charge >= 0.3 is 0 Å². The zero-order chi connectivity index (χ0) is 37.0. The fourth-order valence-corrected chi connectivity index (χ4v) is 8.73. The maximum atomic E-state index is 2.44. The highest BCUT2D eigenvalue weighted by Gasteiger charge is 2.20. The van der Waals surface area contributed by atoms with Gasteiger partial charge in [-0.25, -0.2) is 0 Å². The molecule has 1 heterocycles. The molecule has 56 heavy (non-hydrogen) atoms. The van der Waals surface area contributed by atoms with Crippen molar-refractivity contribution in [1.29, 1.82) is 0 Å². The van der Waals surface area contributed by atoms with E-state index in [1.54, 1.807) is 0 Å². The second-order valence-corrected chi connectivity index (χ2v) is 14.5. The standard InChI is InChI=1S/C54H36N2/c1-2-19-44(20-3-1)56-52-26-12-24-48(53(52)50-34-31-40-15-7-9-23-49(40)54(50)56)43-18-10-21-46(36-43)55(51-25-11-17-39-14-6-8-22-47(39)51)45-32-29-38(30-33-45)42-28-27-37-13-4-5-16-41(37)35-42/h1-36H. The number of nitrogens with zero attached hydrogens (tertiary/aromatic N) is 2. The normalized spacial score (nSPS) is 11.6. The Morgan fingerprint density at radius 2 is 0.982 bits per heavy atom. The van der Waals surface area contributed by atoms with E-state index in [1.807, 2.05) is 0 Å². The first kappa shape index (κ1) is 32.0. The number of rotatable bonds is 6. The minimum absolute atomic E-state index is 1.10. The van der Waals surface area contributed by atoms with Gasteiger partial charge in [0, 0.05) is 38.6 Å². The third-order valence-corrected chi connectivity index (χ3v) is 11.3. The van der Waals surface area contributed by atoms with Crippen molar-refractivity contribution in [3.8, 4) is 27.9 Å². The van der Waals surface area contributed by atoms with Gasteiger partial charge in [0.2, 0.25) is 0 Å². The van der Waals surface area contributed by atoms with Crippen molar-refractivity contribution in [2.45, 2.75) is 0 Å². The van der Waals surface area contributed by atoms with E-state index in [0.29, 0.717) is 0 Å². The van der Waals surface area contributed by atoms with E-state index in [-0.39, 0.29) is 0 Å². The lowest BCUT2D eigenvalue weighted by atomic mass is 9.97. The summed E-state index contributed by atoms with van der Waals surface area (Å²) < 4.78 is 2.44. The molecule has 0 spiro atoms. The quantitative estimate of drug-likeness (QED) is 0.167. The SMILES string of the molecule is c1ccc(-n2c3cccc(-c4cccc(N(c5ccc(-c6ccc7ccccc7c6)cc5)c5cccc6ccccc56)c4)c3c3ccc4ccccc4c32)cc1. The maximum Gasteiger partial charge on any atom is 0.0619 e. The lowest BCUT2D eigenvalue weighted by Gasteiger charge is -2.27. The molecule has 0 fully saturated rings. The van der Waals surface area contributed by atoms with Gasteiger partial charge < -0.3 is 9.47 Å². The summed E-state index contributed by atoms with van der Waals surface area (Å²) in [6.45, 7) is 0. The lowest BCUT2D eigenvalue weighted by molar-refractivity contribution is 1.19. The highest BCUT2D eigenvalue weighted by Crippen LogP contribution is 2.44. The van der Waals surface area contributed by atoms with Gasteiger partial charge in [-0.15, -0.1) is 0 Å². The molecule has 262 valence electrons. The van der Waals surface area contributed by atoms with Crippen molar-refractivity contribution in [2.24, 2.45) is 0 Å². The summed E-state index contributed by atoms with van der Waals surface area (Å²) in [5.74, 6) is 0. The molecule has 0 radical (unpaired) electrons. The van der Waals surface area contributed by atoms with Gasteiger partial charge in [0.05, 0.1) is 16.7 Å². The molecular weight excluding hydrogens is 677 g/mol. The van der Waals surface area contributed by atoms with Crippen molar-refractivity contribution in [3.63, 3.8) is 0 Å². The van der Waals surface area contributed by atoms with E-state index in [2.05, 4.69) is 228 Å². The molecule has 2 heteroatoms. The smallest absolute Gasteiger partial charge is 0.0619 e. The Labute approximate surface area is 325 Å². The van der Waals surface area contributed by atoms with E-state index in [9.17, 15) is 0 Å². The van der Waals surface area contributed by atoms with Crippen LogP contribution in [0.15, 0.2) is 218 Å². The summed E-state index contributed by atoms with van der Waals surface area (Å²) in [5.41, 5.74) is 11.7. The largest absolute Gasteiger partial charge is 0.310 e. The van der Waals surface area contributed by atoms with Gasteiger partial charge in [-0.2, -0.15) is 0 Å². The van der Waals surface area contributed by atoms with Crippen LogP contribution in [0.1, 0.15) is 0 Å². The molecule has 0 amide bonds. The summed E-state index contributed by atoms with van der Waals surface area (Å²) in [4.78, 5) is 2.41. The predicted molar refractivity (Wildman–Crippen MR) is 239 cm³/mol. The number of hydrogen-bond acceptors (Lipinski definition) is 1. The Kier molecular flexibility index (Phi) is 7.53. The highest BCUT2D eigenvalue weighted by molar-refractivity contribution is 6.22. The minimum Gasteiger partial charge on any atom is -0.310 e. The average Bonchev–Trinajstić information content (AvgIpc) is 3.62. The Hall–Kier alpha value is -7.42. The molecular formula is C54H36N2. The van der Waals surface area contributed by atoms with Crippen LogP contribution < -0.4 is 4.90 Å². The van der Waals surface area contributed by atoms with Crippen LogP contribution >= 0.6 is 0 Å². The van der Waals surface area contributed by atoms with Crippen molar-refractivity contribution in [3.05, 3.63) is 218 Å². The summed E-state index contributed by atoms with van der Waals surface area (Å²) >= 11 is 0. The molecule has 0 bridgehead atoms. The molecule has 0 N–H and O–H groups in total. The molecule has 0 unspecified atom stereocenters. The zero-order valence-corrected chi connectivity index (χ0v) is 30.7. The monoisotopic (exact) mass is 712 g/mol. The fourth-order valence-electron chi connectivity index (χ4n) is 8.73. The summed E-state index contributed by atoms with van der Waals surface area (Å²) in [7, 11) is 0. The minimum atomic E-state index is 1.10. The first-order valence-electron chi connectivity index (χ1n) is 19.3. The molecule has 0 saturated carbocycles. The number of para-hydroxylation sites is 1. The fraction of sp³-hybridized carbons (Fsp3) is 0. The number of fused-ring (bicyclic) bond motifs is 7. The van der Waals surface area contributed by atoms with Gasteiger partial charge in [-0.3, -0.25) is 0 Å². The van der Waals surface area contributed by atoms with Gasteiger partial charge in [0.15, 0.2) is 0 Å². The van der Waals surface area contributed by atoms with Crippen LogP contribution in [0.2, 0.25) is 0 Å². The predicted octanol–water partition coefficient (Wildman–Crippen LogP) is 15.0. The second-order valence-electron chi connectivity index (χ2n) is 14.5. The average molecular weight is 713 g/mol. The highest BCUT2D eigenvalue weighted by atomic mass is 15.1. The molecule has 0 aliphatic heterocycles. The molecule has 1 aromatic heterocycles. The number of hydrogen-bond donors (Lipinski definition) is 0. The number of aromatic nitrogens is 1. The van der Waals surface area contributed by atoms with Gasteiger partial charge in [-0.05, 0) is 98.4 Å². The first-order chi connectivity index (χ1) is 27.8. The van der Waals surface area contributed by atoms with E-state index in [0.717, 1.165) is 22.7 Å². The van der Waals surface area contributed by atoms with E-state index in [1.165, 1.54) is 76.4 Å². The lowest BCUT2D eigenvalue weighted by Crippen LogP contribution is -2.10. The Morgan fingerprint density at radius 1 is 0.339 bits per heavy atom. The third-order valence-electron chi connectivity index (χ3n) is 11.3. The van der Waals surface area contributed by atoms with Crippen LogP contribution in [0.5, 0.6) is 0 Å². The molecule has 0 atom stereocenters. The first-order valence-corrected chi connectivity index (χ1v) is 19.3. The van der Waals surface area contributed by atoms with Crippen LogP contribution in [0, 0.1) is 0 Å². The molecule has 0 aliphatic rings. The molecule has 11 rings (SSSR count). The maximum absolute atomic E-state index is 2.44. The van der Waals surface area contributed by atoms with Crippen LogP contribution in [-0.4, -0.2) is 4.57 Å². The van der Waals surface area contributed by atoms with Gasteiger partial charge in [0.1, 0.15) is 0 Å². The third kappa shape index (κ3) is 5.26. The topological polar surface area (TPSA) is 8.17 Å². The molecule has 2 nitrogen and oxygen atoms in total. The van der Waals surface area contributed by atoms with Crippen molar-refractivity contribution in [1.82, 2.24) is 4.57 Å². The van der Waals surface area contributed by atoms with Crippen LogP contribution in [0.25, 0.3) is 82.1 Å². The summed E-state index contributed by atoms with van der Waals surface area (Å²) in [6.07, 6.45) is 0. The van der Waals surface area contributed by atoms with Gasteiger partial charge in [0.25, 0.3) is 0 Å². The van der Waals surface area contributed by atoms with E-state index < -0.39 is 0 Å². The van der Waals surface area contributed by atoms with E-state index >= 15 is 0 Å². The van der Waals surface area contributed by atoms with Crippen molar-refractivity contribution < 1.29 is 0 Å². The number of benzene rings is 10. The summed E-state index contributed by atoms with van der Waals surface area (Å²) in [5, 5.41) is 9.91. The van der Waals surface area contributed by atoms with E-state index in [4.69, 9.17) is 0 Å². The van der Waals surface area contributed by atoms with Crippen LogP contribution in [0.3, 0.4) is 0 Å². The van der Waals surface area contributed by atoms with Crippen LogP contribution in [-0.2, 0) is 0 Å². The molecule has 0 aliphatic carbocycles. The van der Waals surface area contributed by atoms with Crippen LogP contribution in [0.4, 0.5) is 17.1 Å². The molecule has 10 aromatic carbocycles. The zero-order valence-electron chi connectivity index (χ0n) is 30.7. The molecule has 0 saturated heterocycles. The summed E-state index contributed by atoms with van der Waals surface area (Å²) in [6, 6.07) is 79.5. The van der Waals surface area contributed by atoms with Crippen molar-refractivity contribution >= 4 is 71.2 Å². The van der Waals surface area contributed by atoms with Gasteiger partial charge in [-0.1, -0.05) is 164 Å². The number of anilines is 3. The Morgan fingerprint density at radius 3 is 1.82 bits per heavy atom. The Balaban J connectivity index is 1.11. The molecule has 11 aromatic rings. The Bertz CT molecular complexity index is 3240. The second kappa shape index (κ2) is 13.2.